The Balaban J connectivity index is 1.48. The Morgan fingerprint density at radius 2 is 1.84 bits per heavy atom. The number of thiazole rings is 1. The summed E-state index contributed by atoms with van der Waals surface area (Å²) in [6.45, 7) is 3.93. The van der Waals surface area contributed by atoms with E-state index in [1.807, 2.05) is 26.0 Å². The third-order valence-corrected chi connectivity index (χ3v) is 5.44. The van der Waals surface area contributed by atoms with Gasteiger partial charge in [0.1, 0.15) is 5.69 Å². The summed E-state index contributed by atoms with van der Waals surface area (Å²) in [5, 5.41) is 4.88. The van der Waals surface area contributed by atoms with Crippen LogP contribution >= 0.6 is 11.3 Å². The summed E-state index contributed by atoms with van der Waals surface area (Å²) < 4.78 is 27.8. The fourth-order valence-electron chi connectivity index (χ4n) is 3.20. The lowest BCUT2D eigenvalue weighted by molar-refractivity contribution is 0.102. The summed E-state index contributed by atoms with van der Waals surface area (Å²) in [4.78, 5) is 33.9. The summed E-state index contributed by atoms with van der Waals surface area (Å²) in [5.41, 5.74) is 3.47. The molecule has 0 saturated heterocycles. The average Bonchev–Trinajstić information content (AvgIpc) is 3.20. The number of nitrogens with one attached hydrogen (secondary N) is 1. The Morgan fingerprint density at radius 3 is 2.56 bits per heavy atom. The van der Waals surface area contributed by atoms with Crippen LogP contribution in [0.5, 0.6) is 0 Å². The highest BCUT2D eigenvalue weighted by atomic mass is 32.1. The van der Waals surface area contributed by atoms with Crippen molar-refractivity contribution < 1.29 is 13.6 Å². The first-order valence-corrected chi connectivity index (χ1v) is 10.5. The molecule has 0 bridgehead atoms. The van der Waals surface area contributed by atoms with Gasteiger partial charge in [-0.15, -0.1) is 11.3 Å². The van der Waals surface area contributed by atoms with E-state index in [1.165, 1.54) is 40.3 Å². The van der Waals surface area contributed by atoms with Gasteiger partial charge in [-0.3, -0.25) is 19.9 Å². The molecule has 4 rings (SSSR count). The molecule has 0 radical (unpaired) electrons. The van der Waals surface area contributed by atoms with Crippen molar-refractivity contribution in [2.24, 2.45) is 0 Å². The monoisotopic (exact) mass is 452 g/mol. The molecule has 162 valence electrons. The lowest BCUT2D eigenvalue weighted by Gasteiger charge is -2.08. The second-order valence-corrected chi connectivity index (χ2v) is 8.15. The topological polar surface area (TPSA) is 76.9 Å². The highest BCUT2D eigenvalue weighted by Crippen LogP contribution is 2.25. The van der Waals surface area contributed by atoms with Gasteiger partial charge in [-0.1, -0.05) is 6.07 Å². The number of halogens is 2. The second kappa shape index (κ2) is 8.80. The molecule has 9 heteroatoms. The van der Waals surface area contributed by atoms with Gasteiger partial charge >= 0.3 is 0 Å². The number of aryl methyl sites for hydroxylation is 2. The summed E-state index contributed by atoms with van der Waals surface area (Å²) >= 11 is 1.26. The molecular weight excluding hydrogens is 434 g/mol. The minimum Gasteiger partial charge on any atom is -0.311 e. The molecule has 32 heavy (non-hydrogen) atoms. The third-order valence-electron chi connectivity index (χ3n) is 4.68. The smallest absolute Gasteiger partial charge is 0.257 e. The first kappa shape index (κ1) is 21.5. The molecule has 3 heterocycles. The second-order valence-electron chi connectivity index (χ2n) is 7.29. The van der Waals surface area contributed by atoms with Crippen LogP contribution in [-0.4, -0.2) is 20.4 Å². The van der Waals surface area contributed by atoms with E-state index in [4.69, 9.17) is 0 Å². The predicted octanol–water partition coefficient (Wildman–Crippen LogP) is 4.56. The molecule has 0 atom stereocenters. The number of hydrogen-bond donors (Lipinski definition) is 1. The summed E-state index contributed by atoms with van der Waals surface area (Å²) in [6.07, 6.45) is 1.44. The first-order chi connectivity index (χ1) is 15.3. The number of carbonyl (C=O) groups excluding carboxylic acids is 1. The summed E-state index contributed by atoms with van der Waals surface area (Å²) in [7, 11) is 0. The largest absolute Gasteiger partial charge is 0.311 e. The quantitative estimate of drug-likeness (QED) is 0.482. The van der Waals surface area contributed by atoms with Crippen LogP contribution in [0.15, 0.2) is 58.8 Å². The third kappa shape index (κ3) is 4.78. The SMILES string of the molecule is Cc1cc(C)nc(-c2csc(NC(=O)c3ccn(Cc4ccc(F)c(F)c4)c(=O)c3)n2)c1. The molecule has 1 amide bonds. The Kier molecular flexibility index (Phi) is 5.91. The standard InChI is InChI=1S/C23H18F2N4O2S/c1-13-7-14(2)26-19(8-13)20-12-32-23(27-20)28-22(31)16-5-6-29(21(30)10-16)11-15-3-4-17(24)18(25)9-15/h3-10,12H,11H2,1-2H3,(H,27,28,31). The van der Waals surface area contributed by atoms with Crippen molar-refractivity contribution in [3.63, 3.8) is 0 Å². The van der Waals surface area contributed by atoms with E-state index in [2.05, 4.69) is 15.3 Å². The lowest BCUT2D eigenvalue weighted by atomic mass is 10.2. The molecule has 1 N–H and O–H groups in total. The Morgan fingerprint density at radius 1 is 1.03 bits per heavy atom. The van der Waals surface area contributed by atoms with Gasteiger partial charge in [-0.05, 0) is 55.3 Å². The predicted molar refractivity (Wildman–Crippen MR) is 119 cm³/mol. The number of rotatable bonds is 5. The van der Waals surface area contributed by atoms with Crippen molar-refractivity contribution >= 4 is 22.4 Å². The normalized spacial score (nSPS) is 10.9. The van der Waals surface area contributed by atoms with Crippen LogP contribution in [0.3, 0.4) is 0 Å². The number of aromatic nitrogens is 3. The highest BCUT2D eigenvalue weighted by molar-refractivity contribution is 7.14. The molecule has 1 aromatic carbocycles. The van der Waals surface area contributed by atoms with E-state index < -0.39 is 23.1 Å². The fraction of sp³-hybridized carbons (Fsp3) is 0.130. The fourth-order valence-corrected chi connectivity index (χ4v) is 3.90. The number of carbonyl (C=O) groups is 1. The minimum absolute atomic E-state index is 0.0523. The van der Waals surface area contributed by atoms with Gasteiger partial charge in [0, 0.05) is 28.9 Å². The number of amides is 1. The first-order valence-electron chi connectivity index (χ1n) is 9.65. The Labute approximate surface area is 186 Å². The zero-order chi connectivity index (χ0) is 22.8. The molecule has 0 unspecified atom stereocenters. The maximum Gasteiger partial charge on any atom is 0.257 e. The zero-order valence-corrected chi connectivity index (χ0v) is 18.0. The van der Waals surface area contributed by atoms with Gasteiger partial charge in [0.15, 0.2) is 16.8 Å². The maximum absolute atomic E-state index is 13.4. The summed E-state index contributed by atoms with van der Waals surface area (Å²) in [6, 6.07) is 10.00. The van der Waals surface area contributed by atoms with Crippen LogP contribution in [0.25, 0.3) is 11.4 Å². The maximum atomic E-state index is 13.4. The van der Waals surface area contributed by atoms with Gasteiger partial charge in [0.2, 0.25) is 0 Å². The lowest BCUT2D eigenvalue weighted by Crippen LogP contribution is -2.22. The molecule has 0 saturated carbocycles. The van der Waals surface area contributed by atoms with Crippen molar-refractivity contribution in [3.05, 3.63) is 98.4 Å². The van der Waals surface area contributed by atoms with E-state index in [9.17, 15) is 18.4 Å². The number of hydrogen-bond acceptors (Lipinski definition) is 5. The van der Waals surface area contributed by atoms with Gasteiger partial charge in [0.25, 0.3) is 11.5 Å². The van der Waals surface area contributed by atoms with Crippen molar-refractivity contribution in [1.82, 2.24) is 14.5 Å². The van der Waals surface area contributed by atoms with Gasteiger partial charge in [0.05, 0.1) is 12.2 Å². The van der Waals surface area contributed by atoms with E-state index in [1.54, 1.807) is 5.38 Å². The van der Waals surface area contributed by atoms with Crippen molar-refractivity contribution in [1.29, 1.82) is 0 Å². The van der Waals surface area contributed by atoms with Gasteiger partial charge < -0.3 is 4.57 Å². The number of nitrogens with zero attached hydrogens (tertiary/aromatic N) is 3. The number of pyridine rings is 2. The van der Waals surface area contributed by atoms with Crippen LogP contribution < -0.4 is 10.9 Å². The van der Waals surface area contributed by atoms with Crippen molar-refractivity contribution in [2.45, 2.75) is 20.4 Å². The molecule has 6 nitrogen and oxygen atoms in total. The van der Waals surface area contributed by atoms with E-state index in [0.717, 1.165) is 29.1 Å². The molecule has 3 aromatic heterocycles. The molecular formula is C23H18F2N4O2S. The van der Waals surface area contributed by atoms with Crippen molar-refractivity contribution in [2.75, 3.05) is 5.32 Å². The van der Waals surface area contributed by atoms with Crippen molar-refractivity contribution in [3.8, 4) is 11.4 Å². The van der Waals surface area contributed by atoms with Crippen LogP contribution in [0.1, 0.15) is 27.2 Å². The number of anilines is 1. The molecule has 0 aliphatic rings. The van der Waals surface area contributed by atoms with Crippen LogP contribution in [0, 0.1) is 25.5 Å². The van der Waals surface area contributed by atoms with E-state index in [0.29, 0.717) is 16.4 Å². The van der Waals surface area contributed by atoms with Gasteiger partial charge in [-0.25, -0.2) is 13.8 Å². The van der Waals surface area contributed by atoms with Gasteiger partial charge in [-0.2, -0.15) is 0 Å². The molecule has 4 aromatic rings. The molecule has 0 aliphatic carbocycles. The average molecular weight is 452 g/mol. The zero-order valence-electron chi connectivity index (χ0n) is 17.2. The highest BCUT2D eigenvalue weighted by Gasteiger charge is 2.13. The van der Waals surface area contributed by atoms with Crippen LogP contribution in [0.2, 0.25) is 0 Å². The Hall–Kier alpha value is -3.72. The molecule has 0 spiro atoms. The van der Waals surface area contributed by atoms with Crippen LogP contribution in [0.4, 0.5) is 13.9 Å². The van der Waals surface area contributed by atoms with E-state index in [-0.39, 0.29) is 12.1 Å². The van der Waals surface area contributed by atoms with E-state index >= 15 is 0 Å². The minimum atomic E-state index is -0.981. The number of benzene rings is 1. The summed E-state index contributed by atoms with van der Waals surface area (Å²) in [5.74, 6) is -2.41. The molecule has 0 aliphatic heterocycles. The van der Waals surface area contributed by atoms with Crippen LogP contribution in [-0.2, 0) is 6.54 Å². The Bertz CT molecular complexity index is 1360. The molecule has 0 fully saturated rings.